The number of anilines is 1. The number of amides is 1. The van der Waals surface area contributed by atoms with Gasteiger partial charge in [0.25, 0.3) is 0 Å². The standard InChI is InChI=1S/C13H19N7O2/c1-13(2,3)22-12(21)14-9-6-7-19(8-9)11-5-4-10-15-17-18-20(10)16-11/h4-5,9H,6-8H2,1-3H3,(H,14,21)/t9-/m0/s1. The normalized spacial score (nSPS) is 18.7. The third-order valence-corrected chi connectivity index (χ3v) is 3.29. The molecule has 0 aromatic carbocycles. The predicted molar refractivity (Wildman–Crippen MR) is 78.6 cm³/mol. The minimum Gasteiger partial charge on any atom is -0.444 e. The minimum atomic E-state index is -0.491. The van der Waals surface area contributed by atoms with Crippen LogP contribution in [-0.4, -0.2) is 56.1 Å². The molecule has 2 aromatic heterocycles. The van der Waals surface area contributed by atoms with Gasteiger partial charge >= 0.3 is 6.09 Å². The zero-order chi connectivity index (χ0) is 15.7. The topological polar surface area (TPSA) is 97.5 Å². The van der Waals surface area contributed by atoms with Gasteiger partial charge in [0, 0.05) is 13.1 Å². The highest BCUT2D eigenvalue weighted by molar-refractivity contribution is 5.68. The number of carbonyl (C=O) groups excluding carboxylic acids is 1. The smallest absolute Gasteiger partial charge is 0.407 e. The van der Waals surface area contributed by atoms with Crippen LogP contribution in [0.15, 0.2) is 12.1 Å². The minimum absolute atomic E-state index is 0.0428. The van der Waals surface area contributed by atoms with Gasteiger partial charge < -0.3 is 15.0 Å². The van der Waals surface area contributed by atoms with Gasteiger partial charge in [0.1, 0.15) is 5.60 Å². The van der Waals surface area contributed by atoms with Gasteiger partial charge in [0.2, 0.25) is 0 Å². The molecule has 3 heterocycles. The first kappa shape index (κ1) is 14.5. The SMILES string of the molecule is CC(C)(C)OC(=O)N[C@H]1CCN(c2ccc3nnnn3n2)C1. The summed E-state index contributed by atoms with van der Waals surface area (Å²) in [5, 5.41) is 18.4. The van der Waals surface area contributed by atoms with E-state index in [1.54, 1.807) is 0 Å². The van der Waals surface area contributed by atoms with Crippen LogP contribution in [0.2, 0.25) is 0 Å². The fraction of sp³-hybridized carbons (Fsp3) is 0.615. The van der Waals surface area contributed by atoms with Crippen LogP contribution in [0.4, 0.5) is 10.6 Å². The molecule has 0 bridgehead atoms. The molecule has 22 heavy (non-hydrogen) atoms. The lowest BCUT2D eigenvalue weighted by atomic mass is 10.2. The average Bonchev–Trinajstić information content (AvgIpc) is 3.03. The summed E-state index contributed by atoms with van der Waals surface area (Å²) >= 11 is 0. The first-order chi connectivity index (χ1) is 10.4. The Morgan fingerprint density at radius 1 is 1.41 bits per heavy atom. The zero-order valence-corrected chi connectivity index (χ0v) is 12.9. The summed E-state index contributed by atoms with van der Waals surface area (Å²) in [6.45, 7) is 7.03. The molecule has 1 N–H and O–H groups in total. The third-order valence-electron chi connectivity index (χ3n) is 3.29. The van der Waals surface area contributed by atoms with Crippen molar-refractivity contribution >= 4 is 17.6 Å². The molecule has 1 saturated heterocycles. The van der Waals surface area contributed by atoms with E-state index in [4.69, 9.17) is 4.74 Å². The van der Waals surface area contributed by atoms with Crippen molar-refractivity contribution < 1.29 is 9.53 Å². The summed E-state index contributed by atoms with van der Waals surface area (Å²) < 4.78 is 6.67. The van der Waals surface area contributed by atoms with Crippen molar-refractivity contribution in [1.82, 2.24) is 30.6 Å². The van der Waals surface area contributed by atoms with Crippen molar-refractivity contribution in [2.45, 2.75) is 38.8 Å². The highest BCUT2D eigenvalue weighted by Crippen LogP contribution is 2.18. The Hall–Kier alpha value is -2.45. The first-order valence-corrected chi connectivity index (χ1v) is 7.21. The van der Waals surface area contributed by atoms with Crippen molar-refractivity contribution in [3.05, 3.63) is 12.1 Å². The lowest BCUT2D eigenvalue weighted by Crippen LogP contribution is -2.40. The summed E-state index contributed by atoms with van der Waals surface area (Å²) in [6.07, 6.45) is 0.456. The lowest BCUT2D eigenvalue weighted by Gasteiger charge is -2.22. The van der Waals surface area contributed by atoms with Gasteiger partial charge in [-0.25, -0.2) is 4.79 Å². The molecule has 0 unspecified atom stereocenters. The number of ether oxygens (including phenoxy) is 1. The maximum absolute atomic E-state index is 11.8. The molecule has 118 valence electrons. The Morgan fingerprint density at radius 2 is 2.23 bits per heavy atom. The zero-order valence-electron chi connectivity index (χ0n) is 12.9. The molecule has 0 radical (unpaired) electrons. The third kappa shape index (κ3) is 3.23. The number of alkyl carbamates (subject to hydrolysis) is 1. The molecular weight excluding hydrogens is 286 g/mol. The molecule has 1 fully saturated rings. The van der Waals surface area contributed by atoms with Crippen LogP contribution in [0, 0.1) is 0 Å². The number of aromatic nitrogens is 5. The van der Waals surface area contributed by atoms with Crippen LogP contribution in [0.5, 0.6) is 0 Å². The van der Waals surface area contributed by atoms with Crippen LogP contribution in [0.1, 0.15) is 27.2 Å². The number of rotatable bonds is 2. The number of fused-ring (bicyclic) bond motifs is 1. The van der Waals surface area contributed by atoms with E-state index in [-0.39, 0.29) is 12.1 Å². The van der Waals surface area contributed by atoms with Crippen molar-refractivity contribution in [3.63, 3.8) is 0 Å². The molecule has 2 aromatic rings. The first-order valence-electron chi connectivity index (χ1n) is 7.21. The fourth-order valence-electron chi connectivity index (χ4n) is 2.37. The Labute approximate surface area is 127 Å². The summed E-state index contributed by atoms with van der Waals surface area (Å²) in [4.78, 5) is 13.9. The Morgan fingerprint density at radius 3 is 3.00 bits per heavy atom. The molecule has 9 nitrogen and oxygen atoms in total. The molecule has 0 spiro atoms. The van der Waals surface area contributed by atoms with Crippen molar-refractivity contribution in [2.24, 2.45) is 0 Å². The number of hydrogen-bond acceptors (Lipinski definition) is 7. The highest BCUT2D eigenvalue weighted by atomic mass is 16.6. The second kappa shape index (κ2) is 5.39. The van der Waals surface area contributed by atoms with Gasteiger partial charge in [-0.1, -0.05) is 0 Å². The molecule has 1 atom stereocenters. The van der Waals surface area contributed by atoms with Gasteiger partial charge in [0.05, 0.1) is 6.04 Å². The van der Waals surface area contributed by atoms with Crippen LogP contribution >= 0.6 is 0 Å². The number of hydrogen-bond donors (Lipinski definition) is 1. The van der Waals surface area contributed by atoms with E-state index in [2.05, 4.69) is 30.8 Å². The number of nitrogens with one attached hydrogen (secondary N) is 1. The number of nitrogens with zero attached hydrogens (tertiary/aromatic N) is 6. The Bertz CT molecular complexity index is 678. The van der Waals surface area contributed by atoms with E-state index in [1.807, 2.05) is 32.9 Å². The van der Waals surface area contributed by atoms with E-state index in [0.717, 1.165) is 18.8 Å². The molecule has 1 aliphatic rings. The summed E-state index contributed by atoms with van der Waals surface area (Å²) in [5.74, 6) is 0.785. The van der Waals surface area contributed by atoms with Gasteiger partial charge in [-0.15, -0.1) is 14.8 Å². The summed E-state index contributed by atoms with van der Waals surface area (Å²) in [5.41, 5.74) is 0.112. The van der Waals surface area contributed by atoms with E-state index in [1.165, 1.54) is 4.63 Å². The maximum atomic E-state index is 11.8. The Kier molecular flexibility index (Phi) is 3.55. The Balaban J connectivity index is 1.61. The predicted octanol–water partition coefficient (Wildman–Crippen LogP) is 0.623. The van der Waals surface area contributed by atoms with Crippen molar-refractivity contribution in [2.75, 3.05) is 18.0 Å². The average molecular weight is 305 g/mol. The second-order valence-electron chi connectivity index (χ2n) is 6.30. The quantitative estimate of drug-likeness (QED) is 0.868. The van der Waals surface area contributed by atoms with Gasteiger partial charge in [-0.05, 0) is 49.8 Å². The second-order valence-corrected chi connectivity index (χ2v) is 6.30. The molecule has 3 rings (SSSR count). The molecule has 0 saturated carbocycles. The van der Waals surface area contributed by atoms with Crippen molar-refractivity contribution in [3.8, 4) is 0 Å². The summed E-state index contributed by atoms with van der Waals surface area (Å²) in [7, 11) is 0. The largest absolute Gasteiger partial charge is 0.444 e. The van der Waals surface area contributed by atoms with E-state index < -0.39 is 5.60 Å². The molecule has 9 heteroatoms. The van der Waals surface area contributed by atoms with Crippen LogP contribution in [0.25, 0.3) is 5.65 Å². The maximum Gasteiger partial charge on any atom is 0.407 e. The van der Waals surface area contributed by atoms with Crippen molar-refractivity contribution in [1.29, 1.82) is 0 Å². The van der Waals surface area contributed by atoms with Crippen LogP contribution in [-0.2, 0) is 4.74 Å². The van der Waals surface area contributed by atoms with Gasteiger partial charge in [-0.2, -0.15) is 0 Å². The molecule has 0 aliphatic carbocycles. The molecule has 1 amide bonds. The lowest BCUT2D eigenvalue weighted by molar-refractivity contribution is 0.0509. The number of tetrazole rings is 1. The van der Waals surface area contributed by atoms with E-state index >= 15 is 0 Å². The van der Waals surface area contributed by atoms with E-state index in [0.29, 0.717) is 12.2 Å². The monoisotopic (exact) mass is 305 g/mol. The van der Waals surface area contributed by atoms with Crippen LogP contribution < -0.4 is 10.2 Å². The molecule has 1 aliphatic heterocycles. The number of carbonyl (C=O) groups is 1. The molecular formula is C13H19N7O2. The fourth-order valence-corrected chi connectivity index (χ4v) is 2.37. The van der Waals surface area contributed by atoms with E-state index in [9.17, 15) is 4.79 Å². The van der Waals surface area contributed by atoms with Crippen LogP contribution in [0.3, 0.4) is 0 Å². The van der Waals surface area contributed by atoms with Gasteiger partial charge in [-0.3, -0.25) is 0 Å². The highest BCUT2D eigenvalue weighted by Gasteiger charge is 2.27. The van der Waals surface area contributed by atoms with Gasteiger partial charge in [0.15, 0.2) is 11.5 Å². The summed E-state index contributed by atoms with van der Waals surface area (Å²) in [6, 6.07) is 3.74.